The van der Waals surface area contributed by atoms with Crippen LogP contribution < -0.4 is 4.74 Å². The summed E-state index contributed by atoms with van der Waals surface area (Å²) in [6.07, 6.45) is 1.60. The Bertz CT molecular complexity index is 387. The Balaban J connectivity index is 2.55. The summed E-state index contributed by atoms with van der Waals surface area (Å²) in [4.78, 5) is 10.3. The van der Waals surface area contributed by atoms with Crippen LogP contribution in [0.5, 0.6) is 11.5 Å². The van der Waals surface area contributed by atoms with Gasteiger partial charge in [-0.1, -0.05) is 11.6 Å². The van der Waals surface area contributed by atoms with Crippen molar-refractivity contribution >= 4 is 17.9 Å². The van der Waals surface area contributed by atoms with Gasteiger partial charge in [-0.05, 0) is 6.07 Å². The molecule has 1 aliphatic heterocycles. The van der Waals surface area contributed by atoms with Gasteiger partial charge in [0.25, 0.3) is 0 Å². The van der Waals surface area contributed by atoms with Gasteiger partial charge < -0.3 is 14.6 Å². The van der Waals surface area contributed by atoms with Crippen molar-refractivity contribution in [3.8, 4) is 11.5 Å². The summed E-state index contributed by atoms with van der Waals surface area (Å²) in [6.45, 7) is 0.535. The van der Waals surface area contributed by atoms with Crippen LogP contribution >= 0.6 is 11.6 Å². The molecule has 1 aliphatic rings. The average Bonchev–Trinajstić information content (AvgIpc) is 2.63. The number of fused-ring (bicyclic) bond motifs is 1. The second-order valence-corrected chi connectivity index (χ2v) is 3.55. The first-order valence-corrected chi connectivity index (χ1v) is 4.71. The normalized spacial score (nSPS) is 13.5. The van der Waals surface area contributed by atoms with Gasteiger partial charge in [0, 0.05) is 29.0 Å². The van der Waals surface area contributed by atoms with Crippen LogP contribution in [0.1, 0.15) is 11.1 Å². The maximum atomic E-state index is 10.3. The van der Waals surface area contributed by atoms with E-state index in [9.17, 15) is 9.90 Å². The predicted octanol–water partition coefficient (Wildman–Crippen LogP) is 1.72. The molecule has 1 aromatic carbocycles. The third-order valence-electron chi connectivity index (χ3n) is 2.28. The highest BCUT2D eigenvalue weighted by Gasteiger charge is 2.22. The zero-order valence-electron chi connectivity index (χ0n) is 7.42. The fourth-order valence-electron chi connectivity index (χ4n) is 1.59. The van der Waals surface area contributed by atoms with Crippen LogP contribution in [0.25, 0.3) is 0 Å². The Hall–Kier alpha value is -1.22. The summed E-state index contributed by atoms with van der Waals surface area (Å²) in [5, 5.41) is 10.3. The van der Waals surface area contributed by atoms with Crippen LogP contribution in [0.15, 0.2) is 6.07 Å². The maximum absolute atomic E-state index is 10.3. The lowest BCUT2D eigenvalue weighted by Crippen LogP contribution is -1.91. The summed E-state index contributed by atoms with van der Waals surface area (Å²) in [5.74, 6) is 0.489. The van der Waals surface area contributed by atoms with E-state index in [1.165, 1.54) is 0 Å². The molecule has 0 bridgehead atoms. The van der Waals surface area contributed by atoms with Gasteiger partial charge in [-0.25, -0.2) is 0 Å². The van der Waals surface area contributed by atoms with Gasteiger partial charge in [-0.2, -0.15) is 0 Å². The SMILES string of the molecule is O=CCc1cc(Cl)c2c(c1O)OCC2. The van der Waals surface area contributed by atoms with E-state index in [0.717, 1.165) is 11.8 Å². The Labute approximate surface area is 86.3 Å². The van der Waals surface area contributed by atoms with Crippen LogP contribution in [0, 0.1) is 0 Å². The lowest BCUT2D eigenvalue weighted by molar-refractivity contribution is -0.107. The largest absolute Gasteiger partial charge is 0.504 e. The molecule has 3 nitrogen and oxygen atoms in total. The minimum absolute atomic E-state index is 0.0500. The summed E-state index contributed by atoms with van der Waals surface area (Å²) >= 11 is 5.98. The van der Waals surface area contributed by atoms with E-state index in [1.54, 1.807) is 6.07 Å². The van der Waals surface area contributed by atoms with Crippen molar-refractivity contribution in [3.63, 3.8) is 0 Å². The number of carbonyl (C=O) groups is 1. The van der Waals surface area contributed by atoms with Gasteiger partial charge in [0.05, 0.1) is 6.61 Å². The number of aromatic hydroxyl groups is 1. The molecule has 0 saturated heterocycles. The quantitative estimate of drug-likeness (QED) is 0.760. The molecule has 0 aliphatic carbocycles. The number of rotatable bonds is 2. The number of hydrogen-bond acceptors (Lipinski definition) is 3. The van der Waals surface area contributed by atoms with Gasteiger partial charge >= 0.3 is 0 Å². The molecule has 4 heteroatoms. The molecule has 1 heterocycles. The standard InChI is InChI=1S/C10H9ClO3/c11-8-5-6(1-3-12)9(13)10-7(8)2-4-14-10/h3,5,13H,1-2,4H2. The number of phenols is 1. The smallest absolute Gasteiger partial charge is 0.166 e. The fourth-order valence-corrected chi connectivity index (χ4v) is 1.91. The molecule has 1 aromatic rings. The highest BCUT2D eigenvalue weighted by Crippen LogP contribution is 2.41. The number of carbonyl (C=O) groups excluding carboxylic acids is 1. The summed E-state index contributed by atoms with van der Waals surface area (Å²) in [5.41, 5.74) is 1.35. The van der Waals surface area contributed by atoms with Crippen molar-refractivity contribution in [2.45, 2.75) is 12.8 Å². The summed E-state index contributed by atoms with van der Waals surface area (Å²) in [7, 11) is 0. The number of halogens is 1. The maximum Gasteiger partial charge on any atom is 0.166 e. The van der Waals surface area contributed by atoms with E-state index in [2.05, 4.69) is 0 Å². The van der Waals surface area contributed by atoms with Gasteiger partial charge in [0.1, 0.15) is 6.29 Å². The van der Waals surface area contributed by atoms with Crippen LogP contribution in [-0.2, 0) is 17.6 Å². The molecule has 14 heavy (non-hydrogen) atoms. The molecule has 1 N–H and O–H groups in total. The second kappa shape index (κ2) is 3.50. The first-order chi connectivity index (χ1) is 6.74. The Morgan fingerprint density at radius 1 is 1.64 bits per heavy atom. The van der Waals surface area contributed by atoms with Crippen molar-refractivity contribution in [2.24, 2.45) is 0 Å². The first-order valence-electron chi connectivity index (χ1n) is 4.33. The highest BCUT2D eigenvalue weighted by atomic mass is 35.5. The van der Waals surface area contributed by atoms with Gasteiger partial charge in [0.15, 0.2) is 11.5 Å². The van der Waals surface area contributed by atoms with Crippen LogP contribution in [0.3, 0.4) is 0 Å². The first kappa shape index (κ1) is 9.34. The zero-order valence-corrected chi connectivity index (χ0v) is 8.17. The van der Waals surface area contributed by atoms with E-state index in [1.807, 2.05) is 0 Å². The lowest BCUT2D eigenvalue weighted by Gasteiger charge is -2.08. The summed E-state index contributed by atoms with van der Waals surface area (Å²) < 4.78 is 5.25. The molecule has 0 unspecified atom stereocenters. The molecular weight excluding hydrogens is 204 g/mol. The van der Waals surface area contributed by atoms with Crippen LogP contribution in [-0.4, -0.2) is 18.0 Å². The molecule has 0 saturated carbocycles. The Kier molecular flexibility index (Phi) is 2.33. The molecule has 0 amide bonds. The average molecular weight is 213 g/mol. The molecule has 0 radical (unpaired) electrons. The monoisotopic (exact) mass is 212 g/mol. The Morgan fingerprint density at radius 3 is 3.14 bits per heavy atom. The van der Waals surface area contributed by atoms with E-state index >= 15 is 0 Å². The number of aldehydes is 1. The third-order valence-corrected chi connectivity index (χ3v) is 2.62. The number of phenolic OH excluding ortho intramolecular Hbond substituents is 1. The molecule has 0 atom stereocenters. The van der Waals surface area contributed by atoms with Gasteiger partial charge in [-0.15, -0.1) is 0 Å². The predicted molar refractivity (Wildman–Crippen MR) is 52.1 cm³/mol. The molecule has 74 valence electrons. The van der Waals surface area contributed by atoms with E-state index < -0.39 is 0 Å². The zero-order chi connectivity index (χ0) is 10.1. The van der Waals surface area contributed by atoms with Crippen LogP contribution in [0.4, 0.5) is 0 Å². The molecule has 0 fully saturated rings. The summed E-state index contributed by atoms with van der Waals surface area (Å²) in [6, 6.07) is 1.62. The van der Waals surface area contributed by atoms with Crippen LogP contribution in [0.2, 0.25) is 5.02 Å². The minimum Gasteiger partial charge on any atom is -0.504 e. The van der Waals surface area contributed by atoms with Crippen molar-refractivity contribution in [1.82, 2.24) is 0 Å². The number of hydrogen-bond donors (Lipinski definition) is 1. The van der Waals surface area contributed by atoms with E-state index in [4.69, 9.17) is 16.3 Å². The second-order valence-electron chi connectivity index (χ2n) is 3.14. The molecule has 0 spiro atoms. The van der Waals surface area contributed by atoms with Crippen molar-refractivity contribution < 1.29 is 14.6 Å². The Morgan fingerprint density at radius 2 is 2.43 bits per heavy atom. The topological polar surface area (TPSA) is 46.5 Å². The van der Waals surface area contributed by atoms with Gasteiger partial charge in [0.2, 0.25) is 0 Å². The molecule has 0 aromatic heterocycles. The van der Waals surface area contributed by atoms with Crippen molar-refractivity contribution in [2.75, 3.05) is 6.61 Å². The number of benzene rings is 1. The lowest BCUT2D eigenvalue weighted by atomic mass is 10.1. The molecular formula is C10H9ClO3. The van der Waals surface area contributed by atoms with Crippen molar-refractivity contribution in [1.29, 1.82) is 0 Å². The highest BCUT2D eigenvalue weighted by molar-refractivity contribution is 6.31. The van der Waals surface area contributed by atoms with E-state index in [0.29, 0.717) is 29.4 Å². The third kappa shape index (κ3) is 1.34. The van der Waals surface area contributed by atoms with Crippen molar-refractivity contribution in [3.05, 3.63) is 22.2 Å². The minimum atomic E-state index is 0.0500. The number of ether oxygens (including phenoxy) is 1. The fraction of sp³-hybridized carbons (Fsp3) is 0.300. The van der Waals surface area contributed by atoms with E-state index in [-0.39, 0.29) is 12.2 Å². The van der Waals surface area contributed by atoms with Gasteiger partial charge in [-0.3, -0.25) is 0 Å². The molecule has 2 rings (SSSR count).